The van der Waals surface area contributed by atoms with Gasteiger partial charge in [0.25, 0.3) is 0 Å². The smallest absolute Gasteiger partial charge is 0.206 e. The molecule has 0 saturated heterocycles. The van der Waals surface area contributed by atoms with E-state index in [1.807, 2.05) is 0 Å². The molecule has 192 valence electrons. The van der Waals surface area contributed by atoms with Crippen LogP contribution in [0.4, 0.5) is 35.1 Å². The molecule has 0 heterocycles. The van der Waals surface area contributed by atoms with Crippen molar-refractivity contribution >= 4 is 35.0 Å². The minimum absolute atomic E-state index is 0.0806. The minimum Gasteiger partial charge on any atom is -0.206 e. The average molecular weight is 579 g/mol. The van der Waals surface area contributed by atoms with Gasteiger partial charge in [-0.1, -0.05) is 71.4 Å². The molecule has 0 atom stereocenters. The van der Waals surface area contributed by atoms with Gasteiger partial charge in [-0.15, -0.1) is 0 Å². The summed E-state index contributed by atoms with van der Waals surface area (Å²) in [5.41, 5.74) is -4.54. The lowest BCUT2D eigenvalue weighted by Crippen LogP contribution is -2.11. The molecule has 0 N–H and O–H groups in total. The van der Waals surface area contributed by atoms with Crippen LogP contribution < -0.4 is 0 Å². The number of halogens is 10. The van der Waals surface area contributed by atoms with Gasteiger partial charge in [-0.05, 0) is 47.5 Å². The summed E-state index contributed by atoms with van der Waals surface area (Å²) in [6.07, 6.45) is -10.1. The van der Waals surface area contributed by atoms with Crippen molar-refractivity contribution < 1.29 is 35.1 Å². The second-order valence-corrected chi connectivity index (χ2v) is 9.55. The first-order valence-corrected chi connectivity index (χ1v) is 11.8. The van der Waals surface area contributed by atoms with Crippen molar-refractivity contribution in [2.75, 3.05) is 0 Å². The van der Waals surface area contributed by atoms with Crippen LogP contribution in [0.5, 0.6) is 0 Å². The highest BCUT2D eigenvalue weighted by atomic mass is 35.5. The summed E-state index contributed by atoms with van der Waals surface area (Å²) >= 11 is 13.3. The Balaban J connectivity index is 1.96. The van der Waals surface area contributed by atoms with Crippen molar-refractivity contribution in [2.45, 2.75) is 22.1 Å². The molecule has 0 aliphatic rings. The lowest BCUT2D eigenvalue weighted by molar-refractivity contribution is -0.140. The molecule has 0 bridgehead atoms. The zero-order valence-corrected chi connectivity index (χ0v) is 20.4. The molecule has 37 heavy (non-hydrogen) atoms. The van der Waals surface area contributed by atoms with E-state index in [1.54, 1.807) is 0 Å². The summed E-state index contributed by atoms with van der Waals surface area (Å²) < 4.78 is 111. The Morgan fingerprint density at radius 3 is 1.22 bits per heavy atom. The maximum atomic E-state index is 14.3. The zero-order valence-electron chi connectivity index (χ0n) is 18.1. The highest BCUT2D eigenvalue weighted by Crippen LogP contribution is 2.50. The van der Waals surface area contributed by atoms with Gasteiger partial charge >= 0.3 is 12.4 Å². The molecule has 0 nitrogen and oxygen atoms in total. The SMILES string of the molecule is Fc1cccc(-c2c(Cl)cccc2Sc2cccc(Cl)c2-c2cccc(F)c2C(F)(F)F)c1C(F)(F)F. The number of rotatable bonds is 4. The van der Waals surface area contributed by atoms with E-state index in [0.29, 0.717) is 12.1 Å². The van der Waals surface area contributed by atoms with E-state index < -0.39 is 46.2 Å². The van der Waals surface area contributed by atoms with E-state index >= 15 is 0 Å². The van der Waals surface area contributed by atoms with Crippen molar-refractivity contribution in [1.82, 2.24) is 0 Å². The first-order valence-electron chi connectivity index (χ1n) is 10.3. The quantitative estimate of drug-likeness (QED) is 0.217. The summed E-state index contributed by atoms with van der Waals surface area (Å²) in [6.45, 7) is 0. The molecule has 0 unspecified atom stereocenters. The maximum Gasteiger partial charge on any atom is 0.419 e. The van der Waals surface area contributed by atoms with Crippen molar-refractivity contribution in [3.63, 3.8) is 0 Å². The van der Waals surface area contributed by atoms with Gasteiger partial charge in [0.15, 0.2) is 0 Å². The van der Waals surface area contributed by atoms with Crippen molar-refractivity contribution in [3.05, 3.63) is 106 Å². The highest BCUT2D eigenvalue weighted by molar-refractivity contribution is 7.99. The van der Waals surface area contributed by atoms with Gasteiger partial charge in [0, 0.05) is 31.0 Å². The molecule has 4 aromatic rings. The van der Waals surface area contributed by atoms with Crippen LogP contribution in [0.25, 0.3) is 22.3 Å². The molecule has 0 fully saturated rings. The van der Waals surface area contributed by atoms with E-state index in [9.17, 15) is 35.1 Å². The summed E-state index contributed by atoms with van der Waals surface area (Å²) in [4.78, 5) is 0.161. The summed E-state index contributed by atoms with van der Waals surface area (Å²) in [7, 11) is 0. The first-order chi connectivity index (χ1) is 17.3. The Hall–Kier alpha value is -2.75. The molecule has 0 spiro atoms. The van der Waals surface area contributed by atoms with Crippen molar-refractivity contribution in [3.8, 4) is 22.3 Å². The van der Waals surface area contributed by atoms with Crippen LogP contribution in [-0.4, -0.2) is 0 Å². The Morgan fingerprint density at radius 1 is 0.514 bits per heavy atom. The van der Waals surface area contributed by atoms with Crippen molar-refractivity contribution in [2.24, 2.45) is 0 Å². The van der Waals surface area contributed by atoms with Gasteiger partial charge < -0.3 is 0 Å². The molecule has 0 aliphatic heterocycles. The monoisotopic (exact) mass is 578 g/mol. The summed E-state index contributed by atoms with van der Waals surface area (Å²) in [6, 6.07) is 13.8. The van der Waals surface area contributed by atoms with E-state index in [0.717, 1.165) is 36.0 Å². The van der Waals surface area contributed by atoms with Gasteiger partial charge in [-0.3, -0.25) is 0 Å². The van der Waals surface area contributed by atoms with E-state index in [2.05, 4.69) is 0 Å². The third-order valence-electron chi connectivity index (χ3n) is 5.30. The fourth-order valence-electron chi connectivity index (χ4n) is 3.86. The molecule has 0 saturated carbocycles. The van der Waals surface area contributed by atoms with Crippen LogP contribution in [0.3, 0.4) is 0 Å². The predicted octanol–water partition coefficient (Wildman–Crippen LogP) is 10.8. The van der Waals surface area contributed by atoms with Crippen LogP contribution in [0.1, 0.15) is 11.1 Å². The lowest BCUT2D eigenvalue weighted by atomic mass is 9.98. The largest absolute Gasteiger partial charge is 0.419 e. The van der Waals surface area contributed by atoms with Crippen LogP contribution in [0.15, 0.2) is 82.6 Å². The Morgan fingerprint density at radius 2 is 0.865 bits per heavy atom. The zero-order chi connectivity index (χ0) is 27.1. The normalized spacial score (nSPS) is 12.2. The fraction of sp³-hybridized carbons (Fsp3) is 0.0769. The van der Waals surface area contributed by atoms with Crippen molar-refractivity contribution in [1.29, 1.82) is 0 Å². The average Bonchev–Trinajstić information content (AvgIpc) is 2.77. The molecule has 11 heteroatoms. The van der Waals surface area contributed by atoms with Crippen LogP contribution >= 0.6 is 35.0 Å². The fourth-order valence-corrected chi connectivity index (χ4v) is 5.70. The van der Waals surface area contributed by atoms with Gasteiger partial charge in [0.05, 0.1) is 11.1 Å². The molecular formula is C26H12Cl2F8S. The van der Waals surface area contributed by atoms with Gasteiger partial charge in [-0.2, -0.15) is 26.3 Å². The minimum atomic E-state index is -5.06. The molecule has 4 rings (SSSR count). The Kier molecular flexibility index (Phi) is 7.52. The van der Waals surface area contributed by atoms with Crippen LogP contribution in [-0.2, 0) is 12.4 Å². The molecule has 0 radical (unpaired) electrons. The standard InChI is InChI=1S/C26H12Cl2F8S/c27-15-7-3-11-19(21(15)13-5-1-9-17(29)23(13)25(31,32)33)37-20-12-4-8-16(28)22(20)14-6-2-10-18(30)24(14)26(34,35)36/h1-12H. The highest BCUT2D eigenvalue weighted by Gasteiger charge is 2.39. The number of hydrogen-bond donors (Lipinski definition) is 0. The molecule has 0 amide bonds. The van der Waals surface area contributed by atoms with Gasteiger partial charge in [0.1, 0.15) is 11.6 Å². The molecule has 0 aromatic heterocycles. The molecular weight excluding hydrogens is 567 g/mol. The van der Waals surface area contributed by atoms with Crippen LogP contribution in [0.2, 0.25) is 10.0 Å². The third kappa shape index (κ3) is 5.44. The second kappa shape index (κ2) is 10.2. The third-order valence-corrected chi connectivity index (χ3v) is 7.05. The Labute approximate surface area is 219 Å². The van der Waals surface area contributed by atoms with E-state index in [1.165, 1.54) is 36.4 Å². The van der Waals surface area contributed by atoms with E-state index in [-0.39, 0.29) is 31.0 Å². The predicted molar refractivity (Wildman–Crippen MR) is 128 cm³/mol. The number of alkyl halides is 6. The second-order valence-electron chi connectivity index (χ2n) is 7.65. The van der Waals surface area contributed by atoms with Crippen LogP contribution in [0, 0.1) is 11.6 Å². The number of benzene rings is 4. The maximum absolute atomic E-state index is 14.3. The van der Waals surface area contributed by atoms with E-state index in [4.69, 9.17) is 23.2 Å². The summed E-state index contributed by atoms with van der Waals surface area (Å²) in [5, 5.41) is -0.294. The summed E-state index contributed by atoms with van der Waals surface area (Å²) in [5.74, 6) is -3.03. The van der Waals surface area contributed by atoms with Gasteiger partial charge in [0.2, 0.25) is 0 Å². The number of hydrogen-bond acceptors (Lipinski definition) is 1. The first kappa shape index (κ1) is 27.3. The molecule has 4 aromatic carbocycles. The Bertz CT molecular complexity index is 1370. The lowest BCUT2D eigenvalue weighted by Gasteiger charge is -2.20. The van der Waals surface area contributed by atoms with Gasteiger partial charge in [-0.25, -0.2) is 8.78 Å². The topological polar surface area (TPSA) is 0 Å². The molecule has 0 aliphatic carbocycles.